The fourth-order valence-electron chi connectivity index (χ4n) is 2.47. The maximum absolute atomic E-state index is 12.4. The summed E-state index contributed by atoms with van der Waals surface area (Å²) in [6.45, 7) is 1.47. The van der Waals surface area contributed by atoms with Crippen molar-refractivity contribution in [2.24, 2.45) is 5.92 Å². The quantitative estimate of drug-likeness (QED) is 0.660. The number of carbonyl (C=O) groups excluding carboxylic acids is 2. The highest BCUT2D eigenvalue weighted by molar-refractivity contribution is 5.79. The van der Waals surface area contributed by atoms with Gasteiger partial charge in [0.05, 0.1) is 20.1 Å². The van der Waals surface area contributed by atoms with Crippen molar-refractivity contribution in [3.8, 4) is 0 Å². The van der Waals surface area contributed by atoms with Gasteiger partial charge in [-0.1, -0.05) is 19.3 Å². The van der Waals surface area contributed by atoms with Gasteiger partial charge >= 0.3 is 5.97 Å². The third-order valence-electron chi connectivity index (χ3n) is 3.64. The molecule has 0 unspecified atom stereocenters. The van der Waals surface area contributed by atoms with E-state index in [-0.39, 0.29) is 24.2 Å². The summed E-state index contributed by atoms with van der Waals surface area (Å²) in [5.41, 5.74) is 0. The van der Waals surface area contributed by atoms with E-state index in [1.807, 2.05) is 0 Å². The average Bonchev–Trinajstić information content (AvgIpc) is 2.47. The Morgan fingerprint density at radius 3 is 2.37 bits per heavy atom. The van der Waals surface area contributed by atoms with Crippen LogP contribution in [0.2, 0.25) is 0 Å². The Morgan fingerprint density at radius 1 is 1.11 bits per heavy atom. The summed E-state index contributed by atoms with van der Waals surface area (Å²) in [6.07, 6.45) is 5.68. The van der Waals surface area contributed by atoms with Crippen molar-refractivity contribution in [1.29, 1.82) is 0 Å². The van der Waals surface area contributed by atoms with E-state index >= 15 is 0 Å². The van der Waals surface area contributed by atoms with Gasteiger partial charge in [0, 0.05) is 26.1 Å². The fourth-order valence-corrected chi connectivity index (χ4v) is 2.47. The smallest absolute Gasteiger partial charge is 0.307 e. The molecule has 0 aromatic rings. The molecule has 5 nitrogen and oxygen atoms in total. The van der Waals surface area contributed by atoms with Crippen LogP contribution < -0.4 is 0 Å². The Kier molecular flexibility index (Phi) is 7.48. The maximum atomic E-state index is 12.4. The number of hydrogen-bond acceptors (Lipinski definition) is 4. The van der Waals surface area contributed by atoms with Crippen molar-refractivity contribution in [3.05, 3.63) is 0 Å². The van der Waals surface area contributed by atoms with Gasteiger partial charge in [-0.2, -0.15) is 0 Å². The number of methoxy groups -OCH3 is 2. The number of hydrogen-bond donors (Lipinski definition) is 0. The molecular formula is C14H25NO4. The normalized spacial score (nSPS) is 16.1. The van der Waals surface area contributed by atoms with E-state index in [0.29, 0.717) is 19.7 Å². The molecule has 0 aliphatic heterocycles. The van der Waals surface area contributed by atoms with Crippen molar-refractivity contribution in [1.82, 2.24) is 4.90 Å². The first-order valence-electron chi connectivity index (χ1n) is 7.03. The second-order valence-electron chi connectivity index (χ2n) is 4.98. The number of amides is 1. The lowest BCUT2D eigenvalue weighted by molar-refractivity contribution is -0.143. The van der Waals surface area contributed by atoms with Gasteiger partial charge in [-0.05, 0) is 12.8 Å². The Morgan fingerprint density at radius 2 is 1.79 bits per heavy atom. The lowest BCUT2D eigenvalue weighted by atomic mass is 9.88. The minimum Gasteiger partial charge on any atom is -0.469 e. The molecule has 1 aliphatic carbocycles. The Bertz CT molecular complexity index is 287. The van der Waals surface area contributed by atoms with Crippen LogP contribution in [0.25, 0.3) is 0 Å². The van der Waals surface area contributed by atoms with Gasteiger partial charge in [-0.25, -0.2) is 0 Å². The maximum Gasteiger partial charge on any atom is 0.307 e. The largest absolute Gasteiger partial charge is 0.469 e. The van der Waals surface area contributed by atoms with Crippen LogP contribution in [0.15, 0.2) is 0 Å². The summed E-state index contributed by atoms with van der Waals surface area (Å²) in [5, 5.41) is 0. The first-order valence-corrected chi connectivity index (χ1v) is 7.03. The summed E-state index contributed by atoms with van der Waals surface area (Å²) in [4.78, 5) is 25.4. The van der Waals surface area contributed by atoms with E-state index in [2.05, 4.69) is 4.74 Å². The molecular weight excluding hydrogens is 246 g/mol. The number of ether oxygens (including phenoxy) is 2. The first kappa shape index (κ1) is 16.0. The molecule has 0 atom stereocenters. The van der Waals surface area contributed by atoms with E-state index in [4.69, 9.17) is 4.74 Å². The van der Waals surface area contributed by atoms with Crippen molar-refractivity contribution in [3.63, 3.8) is 0 Å². The molecule has 0 aromatic carbocycles. The Balaban J connectivity index is 2.50. The standard InChI is InChI=1S/C14H25NO4/c1-18-11-10-15(9-8-13(16)19-2)14(17)12-6-4-3-5-7-12/h12H,3-11H2,1-2H3. The highest BCUT2D eigenvalue weighted by Gasteiger charge is 2.26. The summed E-state index contributed by atoms with van der Waals surface area (Å²) in [6, 6.07) is 0. The Labute approximate surface area is 115 Å². The first-order chi connectivity index (χ1) is 9.19. The number of nitrogens with zero attached hydrogens (tertiary/aromatic N) is 1. The van der Waals surface area contributed by atoms with Crippen LogP contribution in [0.5, 0.6) is 0 Å². The van der Waals surface area contributed by atoms with Crippen molar-refractivity contribution in [2.75, 3.05) is 33.9 Å². The minimum atomic E-state index is -0.279. The van der Waals surface area contributed by atoms with Crippen molar-refractivity contribution < 1.29 is 19.1 Å². The van der Waals surface area contributed by atoms with E-state index in [1.165, 1.54) is 13.5 Å². The molecule has 0 aromatic heterocycles. The molecule has 19 heavy (non-hydrogen) atoms. The molecule has 5 heteroatoms. The monoisotopic (exact) mass is 271 g/mol. The van der Waals surface area contributed by atoms with Gasteiger partial charge in [0.25, 0.3) is 0 Å². The Hall–Kier alpha value is -1.10. The highest BCUT2D eigenvalue weighted by atomic mass is 16.5. The molecule has 1 aliphatic rings. The van der Waals surface area contributed by atoms with Crippen LogP contribution in [0.4, 0.5) is 0 Å². The molecule has 1 saturated carbocycles. The molecule has 1 amide bonds. The topological polar surface area (TPSA) is 55.8 Å². The van der Waals surface area contributed by atoms with Crippen LogP contribution in [0.1, 0.15) is 38.5 Å². The number of rotatable bonds is 7. The van der Waals surface area contributed by atoms with Crippen LogP contribution in [-0.4, -0.2) is 50.7 Å². The zero-order chi connectivity index (χ0) is 14.1. The van der Waals surface area contributed by atoms with E-state index in [0.717, 1.165) is 25.7 Å². The SMILES string of the molecule is COCCN(CCC(=O)OC)C(=O)C1CCCCC1. The van der Waals surface area contributed by atoms with Gasteiger partial charge < -0.3 is 14.4 Å². The second kappa shape index (κ2) is 8.91. The number of carbonyl (C=O) groups is 2. The molecule has 0 N–H and O–H groups in total. The predicted molar refractivity (Wildman–Crippen MR) is 71.7 cm³/mol. The van der Waals surface area contributed by atoms with Crippen molar-refractivity contribution in [2.45, 2.75) is 38.5 Å². The minimum absolute atomic E-state index is 0.128. The third kappa shape index (κ3) is 5.59. The number of esters is 1. The second-order valence-corrected chi connectivity index (χ2v) is 4.98. The molecule has 0 spiro atoms. The fraction of sp³-hybridized carbons (Fsp3) is 0.857. The summed E-state index contributed by atoms with van der Waals surface area (Å²) >= 11 is 0. The van der Waals surface area contributed by atoms with Gasteiger partial charge in [0.15, 0.2) is 0 Å². The molecule has 0 radical (unpaired) electrons. The summed E-state index contributed by atoms with van der Waals surface area (Å²) < 4.78 is 9.66. The lowest BCUT2D eigenvalue weighted by Crippen LogP contribution is -2.40. The molecule has 1 fully saturated rings. The predicted octanol–water partition coefficient (Wildman–Crippen LogP) is 1.60. The van der Waals surface area contributed by atoms with Crippen molar-refractivity contribution >= 4 is 11.9 Å². The van der Waals surface area contributed by atoms with Crippen LogP contribution >= 0.6 is 0 Å². The summed E-state index contributed by atoms with van der Waals surface area (Å²) in [5.74, 6) is 0.0165. The van der Waals surface area contributed by atoms with Crippen LogP contribution in [0, 0.1) is 5.92 Å². The molecule has 0 saturated heterocycles. The average molecular weight is 271 g/mol. The van der Waals surface area contributed by atoms with Gasteiger partial charge in [-0.3, -0.25) is 9.59 Å². The van der Waals surface area contributed by atoms with Gasteiger partial charge in [-0.15, -0.1) is 0 Å². The lowest BCUT2D eigenvalue weighted by Gasteiger charge is -2.29. The van der Waals surface area contributed by atoms with Crippen LogP contribution in [0.3, 0.4) is 0 Å². The zero-order valence-corrected chi connectivity index (χ0v) is 12.0. The highest BCUT2D eigenvalue weighted by Crippen LogP contribution is 2.25. The molecule has 0 heterocycles. The molecule has 0 bridgehead atoms. The third-order valence-corrected chi connectivity index (χ3v) is 3.64. The van der Waals surface area contributed by atoms with Crippen LogP contribution in [-0.2, 0) is 19.1 Å². The molecule has 110 valence electrons. The van der Waals surface area contributed by atoms with E-state index in [1.54, 1.807) is 12.0 Å². The molecule has 1 rings (SSSR count). The van der Waals surface area contributed by atoms with E-state index in [9.17, 15) is 9.59 Å². The van der Waals surface area contributed by atoms with Gasteiger partial charge in [0.1, 0.15) is 0 Å². The summed E-state index contributed by atoms with van der Waals surface area (Å²) in [7, 11) is 2.98. The zero-order valence-electron chi connectivity index (χ0n) is 12.0. The van der Waals surface area contributed by atoms with E-state index < -0.39 is 0 Å². The van der Waals surface area contributed by atoms with Gasteiger partial charge in [0.2, 0.25) is 5.91 Å².